The Morgan fingerprint density at radius 3 is 2.81 bits per heavy atom. The zero-order valence-electron chi connectivity index (χ0n) is 12.6. The molecule has 1 aliphatic heterocycles. The highest BCUT2D eigenvalue weighted by atomic mass is 16.3. The summed E-state index contributed by atoms with van der Waals surface area (Å²) < 4.78 is 0. The van der Waals surface area contributed by atoms with Gasteiger partial charge < -0.3 is 20.7 Å². The van der Waals surface area contributed by atoms with Crippen molar-refractivity contribution in [2.75, 3.05) is 25.9 Å². The first kappa shape index (κ1) is 13.9. The predicted molar refractivity (Wildman–Crippen MR) is 87.1 cm³/mol. The third-order valence-electron chi connectivity index (χ3n) is 4.23. The molecule has 1 aromatic heterocycles. The van der Waals surface area contributed by atoms with Crippen LogP contribution >= 0.6 is 0 Å². The molecule has 0 radical (unpaired) electrons. The van der Waals surface area contributed by atoms with Crippen LogP contribution in [-0.4, -0.2) is 46.9 Å². The minimum absolute atomic E-state index is 0.171. The number of nitrogens with zero attached hydrogens (tertiary/aromatic N) is 2. The summed E-state index contributed by atoms with van der Waals surface area (Å²) in [6, 6.07) is 5.93. The Morgan fingerprint density at radius 2 is 2.10 bits per heavy atom. The number of H-pyrrole nitrogens is 1. The first-order valence-electron chi connectivity index (χ1n) is 7.38. The molecule has 0 amide bonds. The van der Waals surface area contributed by atoms with E-state index in [0.29, 0.717) is 11.7 Å². The number of anilines is 1. The van der Waals surface area contributed by atoms with Crippen LogP contribution in [0, 0.1) is 0 Å². The van der Waals surface area contributed by atoms with Gasteiger partial charge in [0.2, 0.25) is 0 Å². The van der Waals surface area contributed by atoms with Gasteiger partial charge >= 0.3 is 0 Å². The number of likely N-dealkylation sites (tertiary alicyclic amines) is 1. The molecule has 2 heterocycles. The van der Waals surface area contributed by atoms with Gasteiger partial charge in [-0.3, -0.25) is 4.99 Å². The third-order valence-corrected chi connectivity index (χ3v) is 4.23. The van der Waals surface area contributed by atoms with E-state index in [-0.39, 0.29) is 5.88 Å². The summed E-state index contributed by atoms with van der Waals surface area (Å²) in [6.45, 7) is 4.12. The average Bonchev–Trinajstić information content (AvgIpc) is 2.76. The molecule has 5 heteroatoms. The molecule has 1 aromatic carbocycles. The second kappa shape index (κ2) is 5.41. The fourth-order valence-electron chi connectivity index (χ4n) is 3.02. The molecule has 3 rings (SSSR count). The Labute approximate surface area is 124 Å². The molecule has 1 aliphatic rings. The number of rotatable bonds is 2. The van der Waals surface area contributed by atoms with Gasteiger partial charge in [0.1, 0.15) is 0 Å². The maximum atomic E-state index is 10.2. The van der Waals surface area contributed by atoms with Crippen LogP contribution in [0.4, 0.5) is 5.69 Å². The molecule has 0 saturated carbocycles. The number of hydrogen-bond acceptors (Lipinski definition) is 4. The van der Waals surface area contributed by atoms with Crippen molar-refractivity contribution in [2.45, 2.75) is 25.8 Å². The summed E-state index contributed by atoms with van der Waals surface area (Å²) in [5, 5.41) is 11.1. The molecule has 5 nitrogen and oxygen atoms in total. The van der Waals surface area contributed by atoms with Crippen LogP contribution in [0.15, 0.2) is 23.2 Å². The van der Waals surface area contributed by atoms with Gasteiger partial charge in [-0.2, -0.15) is 0 Å². The standard InChI is InChI=1S/C16H22N4O/c1-10(18-12-5-7-20(2)8-6-12)15-13-9-11(17)3-4-14(13)19-16(15)21/h3-4,9,12,19,21H,5-8,17H2,1-2H3. The van der Waals surface area contributed by atoms with Gasteiger partial charge in [-0.1, -0.05) is 0 Å². The van der Waals surface area contributed by atoms with Crippen molar-refractivity contribution < 1.29 is 5.11 Å². The average molecular weight is 286 g/mol. The van der Waals surface area contributed by atoms with Crippen LogP contribution in [0.1, 0.15) is 25.3 Å². The molecule has 1 fully saturated rings. The zero-order valence-corrected chi connectivity index (χ0v) is 12.6. The monoisotopic (exact) mass is 286 g/mol. The summed E-state index contributed by atoms with van der Waals surface area (Å²) in [7, 11) is 2.14. The zero-order chi connectivity index (χ0) is 15.0. The van der Waals surface area contributed by atoms with E-state index in [2.05, 4.69) is 16.9 Å². The van der Waals surface area contributed by atoms with E-state index in [1.54, 1.807) is 0 Å². The van der Waals surface area contributed by atoms with Crippen LogP contribution in [0.2, 0.25) is 0 Å². The maximum absolute atomic E-state index is 10.2. The Kier molecular flexibility index (Phi) is 3.59. The summed E-state index contributed by atoms with van der Waals surface area (Å²) >= 11 is 0. The lowest BCUT2D eigenvalue weighted by molar-refractivity contribution is 0.257. The van der Waals surface area contributed by atoms with Crippen LogP contribution < -0.4 is 5.73 Å². The molecule has 4 N–H and O–H groups in total. The second-order valence-corrected chi connectivity index (χ2v) is 5.90. The molecule has 0 atom stereocenters. The number of aliphatic imine (C=N–C) groups is 1. The lowest BCUT2D eigenvalue weighted by Crippen LogP contribution is -2.32. The fourth-order valence-corrected chi connectivity index (χ4v) is 3.02. The minimum Gasteiger partial charge on any atom is -0.494 e. The van der Waals surface area contributed by atoms with Gasteiger partial charge in [-0.15, -0.1) is 0 Å². The number of hydrogen-bond donors (Lipinski definition) is 3. The van der Waals surface area contributed by atoms with E-state index in [1.807, 2.05) is 25.1 Å². The van der Waals surface area contributed by atoms with Crippen LogP contribution in [0.3, 0.4) is 0 Å². The largest absolute Gasteiger partial charge is 0.494 e. The molecule has 1 saturated heterocycles. The fraction of sp³-hybridized carbons (Fsp3) is 0.438. The highest BCUT2D eigenvalue weighted by molar-refractivity contribution is 6.12. The number of aromatic nitrogens is 1. The molecular weight excluding hydrogens is 264 g/mol. The summed E-state index contributed by atoms with van der Waals surface area (Å²) in [5.74, 6) is 0.171. The van der Waals surface area contributed by atoms with Crippen molar-refractivity contribution in [3.05, 3.63) is 23.8 Å². The summed E-state index contributed by atoms with van der Waals surface area (Å²) in [6.07, 6.45) is 2.14. The number of fused-ring (bicyclic) bond motifs is 1. The number of piperidine rings is 1. The number of aromatic hydroxyl groups is 1. The third kappa shape index (κ3) is 2.74. The maximum Gasteiger partial charge on any atom is 0.198 e. The van der Waals surface area contributed by atoms with E-state index in [4.69, 9.17) is 10.7 Å². The Hall–Kier alpha value is -2.01. The van der Waals surface area contributed by atoms with Gasteiger partial charge in [-0.05, 0) is 58.1 Å². The van der Waals surface area contributed by atoms with Gasteiger partial charge in [0.25, 0.3) is 0 Å². The highest BCUT2D eigenvalue weighted by Crippen LogP contribution is 2.30. The number of nitrogens with two attached hydrogens (primary N) is 1. The topological polar surface area (TPSA) is 77.6 Å². The first-order valence-corrected chi connectivity index (χ1v) is 7.38. The lowest BCUT2D eigenvalue weighted by Gasteiger charge is -2.26. The molecular formula is C16H22N4O. The smallest absolute Gasteiger partial charge is 0.198 e. The molecule has 0 bridgehead atoms. The van der Waals surface area contributed by atoms with E-state index in [0.717, 1.165) is 48.1 Å². The van der Waals surface area contributed by atoms with E-state index >= 15 is 0 Å². The molecule has 0 spiro atoms. The molecule has 21 heavy (non-hydrogen) atoms. The number of nitrogen functional groups attached to an aromatic ring is 1. The normalized spacial score (nSPS) is 18.5. The quantitative estimate of drug-likeness (QED) is 0.586. The predicted octanol–water partition coefficient (Wildman–Crippen LogP) is 2.36. The van der Waals surface area contributed by atoms with E-state index in [1.165, 1.54) is 0 Å². The lowest BCUT2D eigenvalue weighted by atomic mass is 10.0. The first-order chi connectivity index (χ1) is 10.0. The number of benzene rings is 1. The van der Waals surface area contributed by atoms with Crippen molar-refractivity contribution >= 4 is 22.3 Å². The molecule has 0 unspecified atom stereocenters. The Morgan fingerprint density at radius 1 is 1.38 bits per heavy atom. The van der Waals surface area contributed by atoms with Crippen molar-refractivity contribution in [3.8, 4) is 5.88 Å². The van der Waals surface area contributed by atoms with E-state index < -0.39 is 0 Å². The van der Waals surface area contributed by atoms with Crippen molar-refractivity contribution in [1.29, 1.82) is 0 Å². The SMILES string of the molecule is CC(=NC1CCN(C)CC1)c1c(O)[nH]c2ccc(N)cc12. The highest BCUT2D eigenvalue weighted by Gasteiger charge is 2.18. The molecule has 0 aliphatic carbocycles. The van der Waals surface area contributed by atoms with Crippen LogP contribution in [-0.2, 0) is 0 Å². The van der Waals surface area contributed by atoms with Gasteiger partial charge in [0.15, 0.2) is 5.88 Å². The van der Waals surface area contributed by atoms with E-state index in [9.17, 15) is 5.11 Å². The summed E-state index contributed by atoms with van der Waals surface area (Å²) in [4.78, 5) is 10.1. The Balaban J connectivity index is 1.95. The second-order valence-electron chi connectivity index (χ2n) is 5.90. The number of aromatic amines is 1. The van der Waals surface area contributed by atoms with Crippen molar-refractivity contribution in [2.24, 2.45) is 4.99 Å². The van der Waals surface area contributed by atoms with Crippen molar-refractivity contribution in [3.63, 3.8) is 0 Å². The van der Waals surface area contributed by atoms with Crippen molar-refractivity contribution in [1.82, 2.24) is 9.88 Å². The van der Waals surface area contributed by atoms with Crippen LogP contribution in [0.5, 0.6) is 5.88 Å². The number of nitrogens with one attached hydrogen (secondary N) is 1. The molecule has 112 valence electrons. The van der Waals surface area contributed by atoms with Crippen LogP contribution in [0.25, 0.3) is 10.9 Å². The van der Waals surface area contributed by atoms with Gasteiger partial charge in [0, 0.05) is 22.3 Å². The van der Waals surface area contributed by atoms with Gasteiger partial charge in [0.05, 0.1) is 11.6 Å². The minimum atomic E-state index is 0.171. The summed E-state index contributed by atoms with van der Waals surface area (Å²) in [5.41, 5.74) is 9.08. The van der Waals surface area contributed by atoms with Gasteiger partial charge in [-0.25, -0.2) is 0 Å². The molecule has 2 aromatic rings. The Bertz CT molecular complexity index is 681.